The summed E-state index contributed by atoms with van der Waals surface area (Å²) in [6.45, 7) is 0. The first-order valence-electron chi connectivity index (χ1n) is 4.79. The van der Waals surface area contributed by atoms with Gasteiger partial charge in [0.25, 0.3) is 0 Å². The van der Waals surface area contributed by atoms with Crippen molar-refractivity contribution in [2.45, 2.75) is 0 Å². The van der Waals surface area contributed by atoms with Crippen LogP contribution in [0, 0.1) is 5.92 Å². The van der Waals surface area contributed by atoms with Crippen molar-refractivity contribution < 1.29 is 4.79 Å². The van der Waals surface area contributed by atoms with Crippen LogP contribution in [0.4, 0.5) is 5.82 Å². The second kappa shape index (κ2) is 2.98. The molecule has 1 unspecified atom stereocenters. The second-order valence-corrected chi connectivity index (χ2v) is 3.50. The molecule has 0 aromatic carbocycles. The Kier molecular flexibility index (Phi) is 1.65. The fraction of sp³-hybridized carbons (Fsp3) is 0.0833. The number of aliphatic imine (C=N–C) groups is 1. The van der Waals surface area contributed by atoms with Gasteiger partial charge in [-0.2, -0.15) is 0 Å². The molecule has 0 saturated carbocycles. The summed E-state index contributed by atoms with van der Waals surface area (Å²) in [5, 5.41) is 0. The summed E-state index contributed by atoms with van der Waals surface area (Å²) >= 11 is 0. The van der Waals surface area contributed by atoms with E-state index in [1.807, 2.05) is 24.3 Å². The molecule has 3 heteroatoms. The molecular weight excluding hydrogens is 188 g/mol. The number of aromatic nitrogens is 1. The van der Waals surface area contributed by atoms with Crippen molar-refractivity contribution in [1.82, 2.24) is 4.98 Å². The first-order valence-corrected chi connectivity index (χ1v) is 4.79. The number of hydrogen-bond acceptors (Lipinski definition) is 3. The zero-order valence-corrected chi connectivity index (χ0v) is 7.92. The predicted molar refractivity (Wildman–Crippen MR) is 57.4 cm³/mol. The van der Waals surface area contributed by atoms with Crippen LogP contribution in [0.2, 0.25) is 0 Å². The van der Waals surface area contributed by atoms with Gasteiger partial charge in [0.15, 0.2) is 11.6 Å². The van der Waals surface area contributed by atoms with Crippen LogP contribution in [0.1, 0.15) is 10.4 Å². The van der Waals surface area contributed by atoms with Crippen LogP contribution in [0.15, 0.2) is 47.6 Å². The van der Waals surface area contributed by atoms with E-state index in [0.29, 0.717) is 11.4 Å². The average molecular weight is 196 g/mol. The minimum atomic E-state index is -0.216. The standard InChI is InChI=1S/C12H8N2O/c15-11-8-4-1-2-6-10(8)14-12-9(11)5-3-7-13-12/h1-8H. The van der Waals surface area contributed by atoms with Crippen LogP contribution in [-0.4, -0.2) is 16.5 Å². The number of fused-ring (bicyclic) bond motifs is 2. The Balaban J connectivity index is 2.23. The first kappa shape index (κ1) is 8.29. The number of Topliss-reactive ketones (excluding diaryl/α,β-unsaturated/α-hetero) is 1. The number of ketones is 1. The Labute approximate surface area is 86.9 Å². The van der Waals surface area contributed by atoms with E-state index in [9.17, 15) is 4.79 Å². The summed E-state index contributed by atoms with van der Waals surface area (Å²) in [5.74, 6) is 0.407. The molecule has 3 nitrogen and oxygen atoms in total. The van der Waals surface area contributed by atoms with E-state index in [1.54, 1.807) is 18.3 Å². The number of rotatable bonds is 0. The molecule has 0 amide bonds. The third-order valence-corrected chi connectivity index (χ3v) is 2.57. The summed E-state index contributed by atoms with van der Waals surface area (Å²) in [6, 6.07) is 3.54. The average Bonchev–Trinajstić information content (AvgIpc) is 2.30. The van der Waals surface area contributed by atoms with E-state index >= 15 is 0 Å². The van der Waals surface area contributed by atoms with Crippen molar-refractivity contribution in [2.75, 3.05) is 0 Å². The van der Waals surface area contributed by atoms with Crippen LogP contribution < -0.4 is 0 Å². The molecule has 0 N–H and O–H groups in total. The van der Waals surface area contributed by atoms with Crippen LogP contribution >= 0.6 is 0 Å². The third-order valence-electron chi connectivity index (χ3n) is 2.57. The Morgan fingerprint density at radius 2 is 2.20 bits per heavy atom. The van der Waals surface area contributed by atoms with Gasteiger partial charge in [0.2, 0.25) is 0 Å². The molecule has 1 aromatic rings. The van der Waals surface area contributed by atoms with Crippen LogP contribution in [0.25, 0.3) is 0 Å². The lowest BCUT2D eigenvalue weighted by Gasteiger charge is -2.19. The SMILES string of the molecule is O=C1c2cccnc2N=C2C=CC=CC12. The lowest BCUT2D eigenvalue weighted by atomic mass is 9.88. The molecule has 15 heavy (non-hydrogen) atoms. The number of carbonyl (C=O) groups excluding carboxylic acids is 1. The number of nitrogens with zero attached hydrogens (tertiary/aromatic N) is 2. The maximum Gasteiger partial charge on any atom is 0.179 e. The van der Waals surface area contributed by atoms with Crippen LogP contribution in [-0.2, 0) is 0 Å². The van der Waals surface area contributed by atoms with Gasteiger partial charge in [-0.1, -0.05) is 18.2 Å². The molecule has 3 rings (SSSR count). The topological polar surface area (TPSA) is 42.3 Å². The Bertz CT molecular complexity index is 526. The van der Waals surface area contributed by atoms with Crippen molar-refractivity contribution in [3.8, 4) is 0 Å². The highest BCUT2D eigenvalue weighted by Crippen LogP contribution is 2.28. The lowest BCUT2D eigenvalue weighted by molar-refractivity contribution is 0.0971. The second-order valence-electron chi connectivity index (χ2n) is 3.50. The Hall–Kier alpha value is -2.03. The third kappa shape index (κ3) is 1.16. The van der Waals surface area contributed by atoms with E-state index in [1.165, 1.54) is 0 Å². The Morgan fingerprint density at radius 3 is 3.13 bits per heavy atom. The normalized spacial score (nSPS) is 22.0. The van der Waals surface area contributed by atoms with Gasteiger partial charge in [0.1, 0.15) is 0 Å². The quantitative estimate of drug-likeness (QED) is 0.637. The van der Waals surface area contributed by atoms with Crippen LogP contribution in [0.5, 0.6) is 0 Å². The van der Waals surface area contributed by atoms with Crippen molar-refractivity contribution in [3.05, 3.63) is 48.2 Å². The zero-order chi connectivity index (χ0) is 10.3. The van der Waals surface area contributed by atoms with E-state index in [4.69, 9.17) is 0 Å². The molecule has 0 saturated heterocycles. The molecule has 0 radical (unpaired) electrons. The molecule has 2 heterocycles. The smallest absolute Gasteiger partial charge is 0.179 e. The molecule has 0 spiro atoms. The fourth-order valence-corrected chi connectivity index (χ4v) is 1.83. The fourth-order valence-electron chi connectivity index (χ4n) is 1.83. The number of carbonyl (C=O) groups is 1. The van der Waals surface area contributed by atoms with Gasteiger partial charge in [0.05, 0.1) is 17.2 Å². The number of hydrogen-bond donors (Lipinski definition) is 0. The highest BCUT2D eigenvalue weighted by atomic mass is 16.1. The highest BCUT2D eigenvalue weighted by molar-refractivity contribution is 6.22. The maximum absolute atomic E-state index is 12.0. The van der Waals surface area contributed by atoms with Gasteiger partial charge >= 0.3 is 0 Å². The van der Waals surface area contributed by atoms with Crippen molar-refractivity contribution in [2.24, 2.45) is 10.9 Å². The van der Waals surface area contributed by atoms with Crippen molar-refractivity contribution in [1.29, 1.82) is 0 Å². The van der Waals surface area contributed by atoms with E-state index in [2.05, 4.69) is 9.98 Å². The minimum absolute atomic E-state index is 0.0868. The van der Waals surface area contributed by atoms with Crippen molar-refractivity contribution in [3.63, 3.8) is 0 Å². The summed E-state index contributed by atoms with van der Waals surface area (Å²) in [7, 11) is 0. The van der Waals surface area contributed by atoms with Gasteiger partial charge in [-0.3, -0.25) is 4.79 Å². The lowest BCUT2D eigenvalue weighted by Crippen LogP contribution is -2.25. The molecule has 0 bridgehead atoms. The first-order chi connectivity index (χ1) is 7.36. The molecule has 72 valence electrons. The van der Waals surface area contributed by atoms with Gasteiger partial charge < -0.3 is 0 Å². The predicted octanol–water partition coefficient (Wildman–Crippen LogP) is 2.09. The number of pyridine rings is 1. The van der Waals surface area contributed by atoms with Gasteiger partial charge in [-0.25, -0.2) is 9.98 Å². The van der Waals surface area contributed by atoms with Crippen molar-refractivity contribution >= 4 is 17.3 Å². The maximum atomic E-state index is 12.0. The molecular formula is C12H8N2O. The van der Waals surface area contributed by atoms with Gasteiger partial charge in [0, 0.05) is 6.20 Å². The Morgan fingerprint density at radius 1 is 1.27 bits per heavy atom. The largest absolute Gasteiger partial charge is 0.293 e. The molecule has 1 aliphatic heterocycles. The molecule has 1 aliphatic carbocycles. The molecule has 1 atom stereocenters. The summed E-state index contributed by atoms with van der Waals surface area (Å²) < 4.78 is 0. The van der Waals surface area contributed by atoms with Gasteiger partial charge in [-0.15, -0.1) is 0 Å². The van der Waals surface area contributed by atoms with E-state index in [0.717, 1.165) is 5.71 Å². The van der Waals surface area contributed by atoms with E-state index in [-0.39, 0.29) is 11.7 Å². The highest BCUT2D eigenvalue weighted by Gasteiger charge is 2.29. The summed E-state index contributed by atoms with van der Waals surface area (Å²) in [4.78, 5) is 20.5. The summed E-state index contributed by atoms with van der Waals surface area (Å²) in [6.07, 6.45) is 9.15. The number of allylic oxidation sites excluding steroid dienone is 4. The summed E-state index contributed by atoms with van der Waals surface area (Å²) in [5.41, 5.74) is 1.40. The monoisotopic (exact) mass is 196 g/mol. The van der Waals surface area contributed by atoms with Gasteiger partial charge in [-0.05, 0) is 18.2 Å². The molecule has 0 fully saturated rings. The van der Waals surface area contributed by atoms with E-state index < -0.39 is 0 Å². The zero-order valence-electron chi connectivity index (χ0n) is 7.92. The van der Waals surface area contributed by atoms with Crippen LogP contribution in [0.3, 0.4) is 0 Å². The minimum Gasteiger partial charge on any atom is -0.293 e. The molecule has 1 aromatic heterocycles. The molecule has 2 aliphatic rings.